The number of ketones is 1. The summed E-state index contributed by atoms with van der Waals surface area (Å²) in [4.78, 5) is 16.7. The molecule has 0 atom stereocenters. The lowest BCUT2D eigenvalue weighted by Crippen LogP contribution is -2.33. The summed E-state index contributed by atoms with van der Waals surface area (Å²) >= 11 is 0. The molecule has 2 rings (SSSR count). The van der Waals surface area contributed by atoms with Crippen molar-refractivity contribution in [1.29, 1.82) is 5.26 Å². The fourth-order valence-corrected chi connectivity index (χ4v) is 2.28. The van der Waals surface area contributed by atoms with Gasteiger partial charge < -0.3 is 4.90 Å². The number of rotatable bonds is 3. The highest BCUT2D eigenvalue weighted by molar-refractivity contribution is 5.97. The maximum absolute atomic E-state index is 12.2. The number of Topliss-reactive ketones (excluding diaryl/α,β-unsaturated/α-hetero) is 1. The van der Waals surface area contributed by atoms with Crippen LogP contribution in [0.15, 0.2) is 24.3 Å². The number of nitrogens with zero attached hydrogens (tertiary/aromatic N) is 3. The molecule has 0 aliphatic carbocycles. The van der Waals surface area contributed by atoms with Gasteiger partial charge in [0.1, 0.15) is 0 Å². The van der Waals surface area contributed by atoms with Crippen molar-refractivity contribution in [3.8, 4) is 6.07 Å². The van der Waals surface area contributed by atoms with Crippen molar-refractivity contribution in [1.82, 2.24) is 9.80 Å². The summed E-state index contributed by atoms with van der Waals surface area (Å²) in [6.45, 7) is 4.51. The van der Waals surface area contributed by atoms with E-state index in [4.69, 9.17) is 5.26 Å². The minimum Gasteiger partial charge on any atom is -0.305 e. The maximum atomic E-state index is 12.2. The molecular formula is C15H19N3O. The third-order valence-electron chi connectivity index (χ3n) is 3.52. The van der Waals surface area contributed by atoms with E-state index >= 15 is 0 Å². The Morgan fingerprint density at radius 1 is 1.21 bits per heavy atom. The van der Waals surface area contributed by atoms with Crippen LogP contribution in [0.2, 0.25) is 0 Å². The molecule has 0 unspecified atom stereocenters. The summed E-state index contributed by atoms with van der Waals surface area (Å²) in [5, 5.41) is 8.74. The minimum atomic E-state index is 0.133. The molecule has 0 radical (unpaired) electrons. The predicted molar refractivity (Wildman–Crippen MR) is 74.0 cm³/mol. The molecule has 0 aromatic heterocycles. The molecule has 1 aromatic rings. The molecule has 4 nitrogen and oxygen atoms in total. The molecule has 0 saturated carbocycles. The van der Waals surface area contributed by atoms with E-state index in [1.54, 1.807) is 24.3 Å². The van der Waals surface area contributed by atoms with Crippen LogP contribution in [-0.4, -0.2) is 55.4 Å². The average Bonchev–Trinajstić information content (AvgIpc) is 2.64. The van der Waals surface area contributed by atoms with Gasteiger partial charge in [-0.05, 0) is 38.7 Å². The lowest BCUT2D eigenvalue weighted by Gasteiger charge is -2.19. The van der Waals surface area contributed by atoms with Gasteiger partial charge in [0.25, 0.3) is 0 Å². The first-order valence-corrected chi connectivity index (χ1v) is 6.63. The smallest absolute Gasteiger partial charge is 0.176 e. The van der Waals surface area contributed by atoms with E-state index in [-0.39, 0.29) is 5.78 Å². The monoisotopic (exact) mass is 257 g/mol. The standard InChI is InChI=1S/C15H19N3O/c1-17-7-2-8-18(10-9-17)12-15(19)14-5-3-13(11-16)4-6-14/h3-6H,2,7-10,12H2,1H3. The second-order valence-corrected chi connectivity index (χ2v) is 5.05. The van der Waals surface area contributed by atoms with Crippen LogP contribution < -0.4 is 0 Å². The third-order valence-corrected chi connectivity index (χ3v) is 3.52. The molecule has 19 heavy (non-hydrogen) atoms. The maximum Gasteiger partial charge on any atom is 0.176 e. The highest BCUT2D eigenvalue weighted by Crippen LogP contribution is 2.07. The highest BCUT2D eigenvalue weighted by atomic mass is 16.1. The summed E-state index contributed by atoms with van der Waals surface area (Å²) < 4.78 is 0. The van der Waals surface area contributed by atoms with Crippen LogP contribution >= 0.6 is 0 Å². The van der Waals surface area contributed by atoms with Gasteiger partial charge in [-0.1, -0.05) is 12.1 Å². The van der Waals surface area contributed by atoms with Crippen LogP contribution in [0.5, 0.6) is 0 Å². The average molecular weight is 257 g/mol. The highest BCUT2D eigenvalue weighted by Gasteiger charge is 2.15. The quantitative estimate of drug-likeness (QED) is 0.768. The van der Waals surface area contributed by atoms with Crippen molar-refractivity contribution in [3.05, 3.63) is 35.4 Å². The van der Waals surface area contributed by atoms with E-state index in [1.807, 2.05) is 0 Å². The van der Waals surface area contributed by atoms with Gasteiger partial charge in [-0.25, -0.2) is 0 Å². The van der Waals surface area contributed by atoms with Gasteiger partial charge >= 0.3 is 0 Å². The normalized spacial score (nSPS) is 17.7. The molecular weight excluding hydrogens is 238 g/mol. The first-order valence-electron chi connectivity index (χ1n) is 6.63. The number of carbonyl (C=O) groups is 1. The third kappa shape index (κ3) is 3.88. The topological polar surface area (TPSA) is 47.3 Å². The molecule has 0 bridgehead atoms. The summed E-state index contributed by atoms with van der Waals surface area (Å²) in [7, 11) is 2.12. The zero-order valence-electron chi connectivity index (χ0n) is 11.3. The number of carbonyl (C=O) groups excluding carboxylic acids is 1. The Hall–Kier alpha value is -1.70. The van der Waals surface area contributed by atoms with Crippen molar-refractivity contribution < 1.29 is 4.79 Å². The Morgan fingerprint density at radius 2 is 1.95 bits per heavy atom. The lowest BCUT2D eigenvalue weighted by molar-refractivity contribution is 0.0933. The molecule has 100 valence electrons. The van der Waals surface area contributed by atoms with Gasteiger partial charge in [-0.15, -0.1) is 0 Å². The predicted octanol–water partition coefficient (Wildman–Crippen LogP) is 1.38. The van der Waals surface area contributed by atoms with Gasteiger partial charge in [-0.3, -0.25) is 9.69 Å². The number of benzene rings is 1. The van der Waals surface area contributed by atoms with Crippen molar-refractivity contribution in [2.24, 2.45) is 0 Å². The van der Waals surface area contributed by atoms with Gasteiger partial charge in [0.2, 0.25) is 0 Å². The second-order valence-electron chi connectivity index (χ2n) is 5.05. The number of likely N-dealkylation sites (N-methyl/N-ethyl adjacent to an activating group) is 1. The number of hydrogen-bond donors (Lipinski definition) is 0. The SMILES string of the molecule is CN1CCCN(CC(=O)c2ccc(C#N)cc2)CC1. The van der Waals surface area contributed by atoms with E-state index in [0.717, 1.165) is 32.6 Å². The van der Waals surface area contributed by atoms with Crippen molar-refractivity contribution in [2.45, 2.75) is 6.42 Å². The Balaban J connectivity index is 1.94. The largest absolute Gasteiger partial charge is 0.305 e. The fourth-order valence-electron chi connectivity index (χ4n) is 2.28. The summed E-state index contributed by atoms with van der Waals surface area (Å²) in [6.07, 6.45) is 1.11. The lowest BCUT2D eigenvalue weighted by atomic mass is 10.1. The van der Waals surface area contributed by atoms with Crippen LogP contribution in [0.3, 0.4) is 0 Å². The molecule has 1 saturated heterocycles. The van der Waals surface area contributed by atoms with Crippen molar-refractivity contribution in [2.75, 3.05) is 39.8 Å². The Bertz CT molecular complexity index is 475. The van der Waals surface area contributed by atoms with Gasteiger partial charge in [0.05, 0.1) is 18.2 Å². The molecule has 1 fully saturated rings. The molecule has 1 aliphatic rings. The van der Waals surface area contributed by atoms with E-state index in [0.29, 0.717) is 17.7 Å². The Kier molecular flexibility index (Phi) is 4.67. The van der Waals surface area contributed by atoms with E-state index < -0.39 is 0 Å². The van der Waals surface area contributed by atoms with E-state index in [1.165, 1.54) is 0 Å². The first-order chi connectivity index (χ1) is 9.19. The zero-order valence-corrected chi connectivity index (χ0v) is 11.3. The second kappa shape index (κ2) is 6.46. The van der Waals surface area contributed by atoms with Crippen LogP contribution in [0.1, 0.15) is 22.3 Å². The van der Waals surface area contributed by atoms with Crippen molar-refractivity contribution >= 4 is 5.78 Å². The Morgan fingerprint density at radius 3 is 2.63 bits per heavy atom. The van der Waals surface area contributed by atoms with Crippen LogP contribution in [-0.2, 0) is 0 Å². The van der Waals surface area contributed by atoms with Crippen LogP contribution in [0.4, 0.5) is 0 Å². The zero-order chi connectivity index (χ0) is 13.7. The molecule has 0 amide bonds. The molecule has 0 spiro atoms. The number of nitriles is 1. The molecule has 1 heterocycles. The minimum absolute atomic E-state index is 0.133. The van der Waals surface area contributed by atoms with E-state index in [2.05, 4.69) is 22.9 Å². The van der Waals surface area contributed by atoms with Gasteiger partial charge in [-0.2, -0.15) is 5.26 Å². The van der Waals surface area contributed by atoms with Crippen molar-refractivity contribution in [3.63, 3.8) is 0 Å². The summed E-state index contributed by atoms with van der Waals surface area (Å²) in [5.74, 6) is 0.133. The van der Waals surface area contributed by atoms with Crippen LogP contribution in [0, 0.1) is 11.3 Å². The molecule has 1 aliphatic heterocycles. The molecule has 4 heteroatoms. The summed E-state index contributed by atoms with van der Waals surface area (Å²) in [6, 6.07) is 8.94. The Labute approximate surface area is 114 Å². The van der Waals surface area contributed by atoms with Gasteiger partial charge in [0, 0.05) is 18.7 Å². The molecule has 1 aromatic carbocycles. The molecule has 0 N–H and O–H groups in total. The number of hydrogen-bond acceptors (Lipinski definition) is 4. The first kappa shape index (κ1) is 13.7. The van der Waals surface area contributed by atoms with Crippen LogP contribution in [0.25, 0.3) is 0 Å². The summed E-state index contributed by atoms with van der Waals surface area (Å²) in [5.41, 5.74) is 1.28. The van der Waals surface area contributed by atoms with Gasteiger partial charge in [0.15, 0.2) is 5.78 Å². The van der Waals surface area contributed by atoms with E-state index in [9.17, 15) is 4.79 Å². The fraction of sp³-hybridized carbons (Fsp3) is 0.467.